The normalized spacial score (nSPS) is 15.7. The van der Waals surface area contributed by atoms with Gasteiger partial charge in [-0.15, -0.1) is 0 Å². The van der Waals surface area contributed by atoms with Crippen LogP contribution in [0.2, 0.25) is 0 Å². The fourth-order valence-electron chi connectivity index (χ4n) is 3.33. The molecule has 0 heteroatoms. The molecule has 2 aromatic carbocycles. The summed E-state index contributed by atoms with van der Waals surface area (Å²) >= 11 is 0. The Morgan fingerprint density at radius 1 is 1.14 bits per heavy atom. The van der Waals surface area contributed by atoms with E-state index >= 15 is 0 Å². The van der Waals surface area contributed by atoms with E-state index in [2.05, 4.69) is 81.1 Å². The molecule has 0 saturated heterocycles. The van der Waals surface area contributed by atoms with E-state index < -0.39 is 0 Å². The monoisotopic (exact) mass is 286 g/mol. The Labute approximate surface area is 132 Å². The van der Waals surface area contributed by atoms with Crippen LogP contribution in [0.5, 0.6) is 0 Å². The van der Waals surface area contributed by atoms with Crippen LogP contribution in [0.25, 0.3) is 23.3 Å². The van der Waals surface area contributed by atoms with Gasteiger partial charge in [-0.2, -0.15) is 0 Å². The van der Waals surface area contributed by atoms with Crippen molar-refractivity contribution in [2.45, 2.75) is 26.7 Å². The molecule has 110 valence electrons. The van der Waals surface area contributed by atoms with Crippen molar-refractivity contribution in [1.29, 1.82) is 0 Å². The van der Waals surface area contributed by atoms with Crippen LogP contribution >= 0.6 is 0 Å². The van der Waals surface area contributed by atoms with Crippen molar-refractivity contribution in [2.75, 3.05) is 0 Å². The number of fused-ring (bicyclic) bond motifs is 1. The van der Waals surface area contributed by atoms with Gasteiger partial charge in [0.05, 0.1) is 0 Å². The molecule has 1 aliphatic carbocycles. The van der Waals surface area contributed by atoms with Gasteiger partial charge in [0.1, 0.15) is 0 Å². The van der Waals surface area contributed by atoms with Crippen LogP contribution in [0.4, 0.5) is 0 Å². The molecule has 0 nitrogen and oxygen atoms in total. The first-order valence-electron chi connectivity index (χ1n) is 7.99. The van der Waals surface area contributed by atoms with Gasteiger partial charge in [-0.1, -0.05) is 74.2 Å². The van der Waals surface area contributed by atoms with Crippen LogP contribution in [0.1, 0.15) is 43.4 Å². The smallest absolute Gasteiger partial charge is 0.00792 e. The summed E-state index contributed by atoms with van der Waals surface area (Å²) < 4.78 is 0. The van der Waals surface area contributed by atoms with Gasteiger partial charge in [0, 0.05) is 0 Å². The molecular formula is C22H22. The third-order valence-corrected chi connectivity index (χ3v) is 4.39. The standard InChI is InChI=1S/C22H22/c1-4-17-11-6-7-14-20(17)19(5-2)21-15-9-13-18-12-8-10-16(3)22(18)21/h4,6-9,11-15H,3,5,10H2,1-2H3/b17-4-,20-19-. The van der Waals surface area contributed by atoms with E-state index in [1.165, 1.54) is 38.3 Å². The lowest BCUT2D eigenvalue weighted by atomic mass is 9.85. The number of hydrogen-bond acceptors (Lipinski definition) is 0. The zero-order valence-corrected chi connectivity index (χ0v) is 13.4. The first kappa shape index (κ1) is 14.6. The summed E-state index contributed by atoms with van der Waals surface area (Å²) in [6.45, 7) is 8.64. The number of rotatable bonds is 2. The van der Waals surface area contributed by atoms with Crippen molar-refractivity contribution in [3.8, 4) is 0 Å². The Morgan fingerprint density at radius 3 is 2.73 bits per heavy atom. The summed E-state index contributed by atoms with van der Waals surface area (Å²) in [6.07, 6.45) is 8.57. The molecule has 0 aliphatic heterocycles. The van der Waals surface area contributed by atoms with Crippen LogP contribution < -0.4 is 10.4 Å². The maximum atomic E-state index is 4.30. The van der Waals surface area contributed by atoms with Crippen molar-refractivity contribution in [1.82, 2.24) is 0 Å². The minimum atomic E-state index is 0.947. The quantitative estimate of drug-likeness (QED) is 0.761. The highest BCUT2D eigenvalue weighted by Gasteiger charge is 2.15. The number of hydrogen-bond donors (Lipinski definition) is 0. The van der Waals surface area contributed by atoms with E-state index in [-0.39, 0.29) is 0 Å². The molecule has 3 rings (SSSR count). The highest BCUT2D eigenvalue weighted by molar-refractivity contribution is 5.86. The van der Waals surface area contributed by atoms with Gasteiger partial charge in [0.2, 0.25) is 0 Å². The lowest BCUT2D eigenvalue weighted by Gasteiger charge is -2.19. The lowest BCUT2D eigenvalue weighted by Crippen LogP contribution is -2.26. The molecular weight excluding hydrogens is 264 g/mol. The van der Waals surface area contributed by atoms with E-state index in [1.54, 1.807) is 0 Å². The molecule has 0 unspecified atom stereocenters. The second-order valence-electron chi connectivity index (χ2n) is 5.69. The average molecular weight is 286 g/mol. The minimum absolute atomic E-state index is 0.947. The molecule has 0 bridgehead atoms. The highest BCUT2D eigenvalue weighted by atomic mass is 14.2. The Bertz CT molecular complexity index is 863. The second kappa shape index (κ2) is 6.19. The summed E-state index contributed by atoms with van der Waals surface area (Å²) in [5.41, 5.74) is 6.58. The third-order valence-electron chi connectivity index (χ3n) is 4.39. The molecule has 22 heavy (non-hydrogen) atoms. The number of allylic oxidation sites excluding steroid dienone is 2. The van der Waals surface area contributed by atoms with Crippen LogP contribution in [0.3, 0.4) is 0 Å². The van der Waals surface area contributed by atoms with Gasteiger partial charge < -0.3 is 0 Å². The lowest BCUT2D eigenvalue weighted by molar-refractivity contribution is 1.20. The Hall–Kier alpha value is -2.34. The predicted octanol–water partition coefficient (Wildman–Crippen LogP) is 4.53. The molecule has 0 spiro atoms. The van der Waals surface area contributed by atoms with E-state index in [9.17, 15) is 0 Å². The Kier molecular flexibility index (Phi) is 4.11. The summed E-state index contributed by atoms with van der Waals surface area (Å²) in [7, 11) is 0. The SMILES string of the molecule is C=C1CC=Cc2cccc(/C(CC)=c3/cccc/c3=C/C)c21. The Balaban J connectivity index is 2.40. The molecule has 0 N–H and O–H groups in total. The van der Waals surface area contributed by atoms with Crippen LogP contribution in [0.15, 0.2) is 55.1 Å². The van der Waals surface area contributed by atoms with Crippen molar-refractivity contribution in [2.24, 2.45) is 0 Å². The summed E-state index contributed by atoms with van der Waals surface area (Å²) in [5.74, 6) is 0. The summed E-state index contributed by atoms with van der Waals surface area (Å²) in [6, 6.07) is 15.2. The van der Waals surface area contributed by atoms with Crippen molar-refractivity contribution >= 4 is 23.3 Å². The predicted molar refractivity (Wildman–Crippen MR) is 97.8 cm³/mol. The first-order chi connectivity index (χ1) is 10.8. The molecule has 0 amide bonds. The van der Waals surface area contributed by atoms with E-state index in [0.717, 1.165) is 12.8 Å². The Morgan fingerprint density at radius 2 is 1.95 bits per heavy atom. The van der Waals surface area contributed by atoms with Gasteiger partial charge in [-0.25, -0.2) is 0 Å². The topological polar surface area (TPSA) is 0 Å². The summed E-state index contributed by atoms with van der Waals surface area (Å²) in [5, 5.41) is 2.64. The number of benzene rings is 2. The molecule has 2 aromatic rings. The molecule has 1 aliphatic rings. The average Bonchev–Trinajstić information content (AvgIpc) is 2.56. The van der Waals surface area contributed by atoms with Crippen LogP contribution in [-0.2, 0) is 0 Å². The van der Waals surface area contributed by atoms with E-state index in [4.69, 9.17) is 0 Å². The van der Waals surface area contributed by atoms with E-state index in [1.807, 2.05) is 0 Å². The maximum Gasteiger partial charge on any atom is -0.00792 e. The molecule has 0 atom stereocenters. The fraction of sp³-hybridized carbons (Fsp3) is 0.182. The van der Waals surface area contributed by atoms with Gasteiger partial charge in [0.25, 0.3) is 0 Å². The van der Waals surface area contributed by atoms with Gasteiger partial charge in [0.15, 0.2) is 0 Å². The van der Waals surface area contributed by atoms with Gasteiger partial charge in [-0.3, -0.25) is 0 Å². The van der Waals surface area contributed by atoms with Crippen molar-refractivity contribution in [3.63, 3.8) is 0 Å². The third kappa shape index (κ3) is 2.46. The van der Waals surface area contributed by atoms with Crippen molar-refractivity contribution in [3.05, 3.63) is 82.2 Å². The van der Waals surface area contributed by atoms with Crippen molar-refractivity contribution < 1.29 is 0 Å². The van der Waals surface area contributed by atoms with E-state index in [0.29, 0.717) is 0 Å². The second-order valence-corrected chi connectivity index (χ2v) is 5.69. The fourth-order valence-corrected chi connectivity index (χ4v) is 3.33. The molecule has 0 saturated carbocycles. The zero-order chi connectivity index (χ0) is 15.5. The van der Waals surface area contributed by atoms with Gasteiger partial charge in [-0.05, 0) is 58.0 Å². The molecule has 0 radical (unpaired) electrons. The molecule has 0 heterocycles. The maximum absolute atomic E-state index is 4.30. The molecule has 0 aromatic heterocycles. The first-order valence-corrected chi connectivity index (χ1v) is 7.99. The molecule has 0 fully saturated rings. The summed E-state index contributed by atoms with van der Waals surface area (Å²) in [4.78, 5) is 0. The van der Waals surface area contributed by atoms with Crippen LogP contribution in [0, 0.1) is 0 Å². The largest absolute Gasteiger partial charge is 0.0949 e. The zero-order valence-electron chi connectivity index (χ0n) is 13.4. The van der Waals surface area contributed by atoms with Gasteiger partial charge >= 0.3 is 0 Å². The highest BCUT2D eigenvalue weighted by Crippen LogP contribution is 2.33. The van der Waals surface area contributed by atoms with Crippen LogP contribution in [-0.4, -0.2) is 0 Å². The minimum Gasteiger partial charge on any atom is -0.0949 e.